The van der Waals surface area contributed by atoms with Gasteiger partial charge in [-0.15, -0.1) is 0 Å². The molecule has 1 rings (SSSR count). The number of unbranched alkanes of at least 4 members (excludes halogenated alkanes) is 3. The van der Waals surface area contributed by atoms with E-state index in [4.69, 9.17) is 5.11 Å². The number of carboxylic acid groups (broad SMARTS) is 1. The van der Waals surface area contributed by atoms with Crippen LogP contribution in [0.3, 0.4) is 0 Å². The van der Waals surface area contributed by atoms with Gasteiger partial charge >= 0.3 is 5.97 Å². The molecule has 4 heteroatoms. The van der Waals surface area contributed by atoms with Crippen LogP contribution in [-0.2, 0) is 9.59 Å². The lowest BCUT2D eigenvalue weighted by Crippen LogP contribution is -2.13. The molecule has 0 aromatic heterocycles. The monoisotopic (exact) mass is 332 g/mol. The van der Waals surface area contributed by atoms with Gasteiger partial charge in [-0.25, -0.2) is 0 Å². The highest BCUT2D eigenvalue weighted by atomic mass is 16.4. The van der Waals surface area contributed by atoms with E-state index in [9.17, 15) is 14.4 Å². The van der Waals surface area contributed by atoms with Crippen LogP contribution in [0.4, 0.5) is 0 Å². The van der Waals surface area contributed by atoms with Gasteiger partial charge < -0.3 is 5.11 Å². The predicted octanol–water partition coefficient (Wildman–Crippen LogP) is 4.67. The second kappa shape index (κ2) is 11.5. The zero-order valence-corrected chi connectivity index (χ0v) is 14.5. The van der Waals surface area contributed by atoms with Gasteiger partial charge in [-0.1, -0.05) is 62.9 Å². The molecule has 0 heterocycles. The number of carboxylic acids is 1. The van der Waals surface area contributed by atoms with Crippen LogP contribution >= 0.6 is 0 Å². The summed E-state index contributed by atoms with van der Waals surface area (Å²) in [6.07, 6.45) is 6.09. The van der Waals surface area contributed by atoms with Crippen LogP contribution < -0.4 is 0 Å². The van der Waals surface area contributed by atoms with E-state index in [1.165, 1.54) is 0 Å². The minimum atomic E-state index is -0.816. The van der Waals surface area contributed by atoms with Crippen molar-refractivity contribution in [1.82, 2.24) is 0 Å². The van der Waals surface area contributed by atoms with E-state index in [1.54, 1.807) is 24.3 Å². The summed E-state index contributed by atoms with van der Waals surface area (Å²) in [7, 11) is 0. The molecular weight excluding hydrogens is 304 g/mol. The molecule has 0 radical (unpaired) electrons. The van der Waals surface area contributed by atoms with Crippen molar-refractivity contribution in [3.63, 3.8) is 0 Å². The summed E-state index contributed by atoms with van der Waals surface area (Å²) in [6, 6.07) is 8.79. The number of rotatable bonds is 13. The normalized spacial score (nSPS) is 11.9. The zero-order chi connectivity index (χ0) is 17.8. The summed E-state index contributed by atoms with van der Waals surface area (Å²) in [6.45, 7) is 2.14. The van der Waals surface area contributed by atoms with Crippen molar-refractivity contribution in [2.24, 2.45) is 5.92 Å². The van der Waals surface area contributed by atoms with Crippen LogP contribution in [0.2, 0.25) is 0 Å². The van der Waals surface area contributed by atoms with Crippen molar-refractivity contribution in [2.75, 3.05) is 0 Å². The molecule has 0 saturated heterocycles. The summed E-state index contributed by atoms with van der Waals surface area (Å²) >= 11 is 0. The van der Waals surface area contributed by atoms with Crippen LogP contribution in [0, 0.1) is 5.92 Å². The lowest BCUT2D eigenvalue weighted by molar-refractivity contribution is -0.138. The highest BCUT2D eigenvalue weighted by molar-refractivity contribution is 6.07. The van der Waals surface area contributed by atoms with Gasteiger partial charge in [0.2, 0.25) is 0 Å². The SMILES string of the molecule is CCCCCCC(CCC(=O)CC(=O)c1ccccc1)CC(=O)O. The number of benzene rings is 1. The molecule has 0 fully saturated rings. The van der Waals surface area contributed by atoms with E-state index in [1.807, 2.05) is 6.07 Å². The molecule has 0 amide bonds. The summed E-state index contributed by atoms with van der Waals surface area (Å²) in [5.74, 6) is -1.07. The Labute approximate surface area is 144 Å². The highest BCUT2D eigenvalue weighted by Crippen LogP contribution is 2.20. The average Bonchev–Trinajstić information content (AvgIpc) is 2.56. The average molecular weight is 332 g/mol. The van der Waals surface area contributed by atoms with E-state index in [2.05, 4.69) is 6.92 Å². The van der Waals surface area contributed by atoms with Crippen molar-refractivity contribution in [2.45, 2.75) is 64.7 Å². The predicted molar refractivity (Wildman–Crippen MR) is 94.1 cm³/mol. The molecule has 1 N–H and O–H groups in total. The number of carbonyl (C=O) groups is 3. The molecule has 1 unspecified atom stereocenters. The third-order valence-electron chi connectivity index (χ3n) is 4.21. The first-order valence-electron chi connectivity index (χ1n) is 8.84. The Morgan fingerprint density at radius 1 is 1.00 bits per heavy atom. The van der Waals surface area contributed by atoms with E-state index < -0.39 is 5.97 Å². The molecule has 0 aliphatic heterocycles. The lowest BCUT2D eigenvalue weighted by atomic mass is 9.91. The number of hydrogen-bond acceptors (Lipinski definition) is 3. The van der Waals surface area contributed by atoms with Gasteiger partial charge in [0.1, 0.15) is 5.78 Å². The van der Waals surface area contributed by atoms with Gasteiger partial charge in [0, 0.05) is 18.4 Å². The first kappa shape index (κ1) is 20.1. The van der Waals surface area contributed by atoms with Crippen LogP contribution in [-0.4, -0.2) is 22.6 Å². The summed E-state index contributed by atoms with van der Waals surface area (Å²) in [4.78, 5) is 35.0. The molecule has 1 atom stereocenters. The minimum Gasteiger partial charge on any atom is -0.481 e. The van der Waals surface area contributed by atoms with Crippen molar-refractivity contribution in [3.8, 4) is 0 Å². The Morgan fingerprint density at radius 3 is 2.33 bits per heavy atom. The van der Waals surface area contributed by atoms with E-state index >= 15 is 0 Å². The van der Waals surface area contributed by atoms with Gasteiger partial charge in [0.25, 0.3) is 0 Å². The van der Waals surface area contributed by atoms with Crippen molar-refractivity contribution in [1.29, 1.82) is 0 Å². The fraction of sp³-hybridized carbons (Fsp3) is 0.550. The van der Waals surface area contributed by atoms with Gasteiger partial charge in [0.05, 0.1) is 6.42 Å². The number of aliphatic carboxylic acids is 1. The Hall–Kier alpha value is -1.97. The maximum atomic E-state index is 12.0. The zero-order valence-electron chi connectivity index (χ0n) is 14.5. The molecule has 1 aromatic rings. The third kappa shape index (κ3) is 8.61. The fourth-order valence-corrected chi connectivity index (χ4v) is 2.81. The standard InChI is InChI=1S/C20H28O4/c1-2-3-4-6-9-16(14-20(23)24)12-13-18(21)15-19(22)17-10-7-5-8-11-17/h5,7-8,10-11,16H,2-4,6,9,12-15H2,1H3,(H,23,24). The molecule has 0 bridgehead atoms. The maximum Gasteiger partial charge on any atom is 0.303 e. The third-order valence-corrected chi connectivity index (χ3v) is 4.21. The minimum absolute atomic E-state index is 0.0233. The topological polar surface area (TPSA) is 71.4 Å². The molecule has 1 aromatic carbocycles. The second-order valence-electron chi connectivity index (χ2n) is 6.36. The van der Waals surface area contributed by atoms with Crippen LogP contribution in [0.15, 0.2) is 30.3 Å². The molecule has 24 heavy (non-hydrogen) atoms. The van der Waals surface area contributed by atoms with Crippen LogP contribution in [0.1, 0.15) is 75.1 Å². The van der Waals surface area contributed by atoms with Crippen molar-refractivity contribution >= 4 is 17.5 Å². The van der Waals surface area contributed by atoms with E-state index in [-0.39, 0.29) is 36.7 Å². The van der Waals surface area contributed by atoms with Crippen molar-refractivity contribution in [3.05, 3.63) is 35.9 Å². The van der Waals surface area contributed by atoms with Crippen LogP contribution in [0.25, 0.3) is 0 Å². The summed E-state index contributed by atoms with van der Waals surface area (Å²) in [5, 5.41) is 9.01. The highest BCUT2D eigenvalue weighted by Gasteiger charge is 2.17. The fourth-order valence-electron chi connectivity index (χ4n) is 2.81. The van der Waals surface area contributed by atoms with E-state index in [0.29, 0.717) is 12.0 Å². The van der Waals surface area contributed by atoms with E-state index in [0.717, 1.165) is 32.1 Å². The van der Waals surface area contributed by atoms with Gasteiger partial charge in [-0.2, -0.15) is 0 Å². The van der Waals surface area contributed by atoms with Crippen LogP contribution in [0.5, 0.6) is 0 Å². The maximum absolute atomic E-state index is 12.0. The lowest BCUT2D eigenvalue weighted by Gasteiger charge is -2.14. The number of Topliss-reactive ketones (excluding diaryl/α,β-unsaturated/α-hetero) is 2. The quantitative estimate of drug-likeness (QED) is 0.324. The van der Waals surface area contributed by atoms with Gasteiger partial charge in [0.15, 0.2) is 5.78 Å². The smallest absolute Gasteiger partial charge is 0.303 e. The first-order valence-corrected chi connectivity index (χ1v) is 8.84. The van der Waals surface area contributed by atoms with Crippen molar-refractivity contribution < 1.29 is 19.5 Å². The Morgan fingerprint density at radius 2 is 1.71 bits per heavy atom. The Balaban J connectivity index is 2.39. The molecular formula is C20H28O4. The Bertz CT molecular complexity index is 522. The summed E-state index contributed by atoms with van der Waals surface area (Å²) in [5.41, 5.74) is 0.549. The molecule has 132 valence electrons. The first-order chi connectivity index (χ1) is 11.5. The molecule has 0 saturated carbocycles. The largest absolute Gasteiger partial charge is 0.481 e. The second-order valence-corrected chi connectivity index (χ2v) is 6.36. The molecule has 0 spiro atoms. The van der Waals surface area contributed by atoms with Gasteiger partial charge in [-0.05, 0) is 18.8 Å². The number of hydrogen-bond donors (Lipinski definition) is 1. The molecule has 4 nitrogen and oxygen atoms in total. The Kier molecular flexibility index (Phi) is 9.66. The molecule has 0 aliphatic carbocycles. The van der Waals surface area contributed by atoms with Gasteiger partial charge in [-0.3, -0.25) is 14.4 Å². The number of carbonyl (C=O) groups excluding carboxylic acids is 2. The number of ketones is 2. The summed E-state index contributed by atoms with van der Waals surface area (Å²) < 4.78 is 0. The molecule has 0 aliphatic rings.